The molecule has 0 aromatic heterocycles. The number of aliphatic hydroxyl groups is 2. The van der Waals surface area contributed by atoms with Crippen LogP contribution in [0.5, 0.6) is 0 Å². The summed E-state index contributed by atoms with van der Waals surface area (Å²) < 4.78 is 0. The molecule has 0 bridgehead atoms. The maximum absolute atomic E-state index is 13.9. The van der Waals surface area contributed by atoms with Crippen LogP contribution in [0, 0.1) is 16.2 Å². The van der Waals surface area contributed by atoms with Crippen molar-refractivity contribution in [3.63, 3.8) is 0 Å². The first-order valence-electron chi connectivity index (χ1n) is 18.2. The molecule has 3 aliphatic carbocycles. The minimum absolute atomic E-state index is 0.0670. The van der Waals surface area contributed by atoms with Crippen LogP contribution in [0.2, 0.25) is 0 Å². The number of aromatic carboxylic acids is 1. The second kappa shape index (κ2) is 12.8. The molecule has 3 N–H and O–H groups in total. The third-order valence-corrected chi connectivity index (χ3v) is 12.1. The summed E-state index contributed by atoms with van der Waals surface area (Å²) in [7, 11) is 0. The number of carbonyl (C=O) groups is 4. The Bertz CT molecular complexity index is 1980. The summed E-state index contributed by atoms with van der Waals surface area (Å²) in [6.45, 7) is 11.5. The average Bonchev–Trinajstić information content (AvgIpc) is 3.61. The van der Waals surface area contributed by atoms with Gasteiger partial charge in [0, 0.05) is 71.1 Å². The van der Waals surface area contributed by atoms with Crippen molar-refractivity contribution in [2.24, 2.45) is 16.2 Å². The van der Waals surface area contributed by atoms with Crippen LogP contribution in [0.3, 0.4) is 0 Å². The molecule has 0 unspecified atom stereocenters. The fourth-order valence-corrected chi connectivity index (χ4v) is 9.31. The number of ketones is 1. The van der Waals surface area contributed by atoms with Gasteiger partial charge in [0.05, 0.1) is 5.56 Å². The SMILES string of the molecule is CC(=O)c1ccc(C2=CC[C@]3(C)CN(C(=O)C4=CC=C(C(=O)N5CC=C6C(C)(C)C(c7ccc(C(=O)O)cc7)=CC[C@]6(C)C5)C4)CC=C3C2(O)O)cc1. The van der Waals surface area contributed by atoms with E-state index in [9.17, 15) is 34.5 Å². The van der Waals surface area contributed by atoms with E-state index < -0.39 is 17.2 Å². The second-order valence-electron chi connectivity index (χ2n) is 16.2. The van der Waals surface area contributed by atoms with Gasteiger partial charge in [-0.2, -0.15) is 0 Å². The normalized spacial score (nSPS) is 25.8. The number of nitrogens with zero attached hydrogens (tertiary/aromatic N) is 2. The average molecular weight is 715 g/mol. The van der Waals surface area contributed by atoms with Gasteiger partial charge in [0.25, 0.3) is 0 Å². The predicted molar refractivity (Wildman–Crippen MR) is 202 cm³/mol. The monoisotopic (exact) mass is 714 g/mol. The molecule has 5 aliphatic rings. The zero-order chi connectivity index (χ0) is 38.1. The van der Waals surface area contributed by atoms with Crippen LogP contribution in [0.1, 0.15) is 85.7 Å². The van der Waals surface area contributed by atoms with Crippen LogP contribution >= 0.6 is 0 Å². The first-order valence-corrected chi connectivity index (χ1v) is 18.2. The van der Waals surface area contributed by atoms with Crippen LogP contribution in [-0.4, -0.2) is 80.7 Å². The third kappa shape index (κ3) is 6.15. The van der Waals surface area contributed by atoms with Gasteiger partial charge in [-0.25, -0.2) is 4.79 Å². The van der Waals surface area contributed by atoms with Crippen molar-refractivity contribution in [3.8, 4) is 0 Å². The highest BCUT2D eigenvalue weighted by atomic mass is 16.5. The van der Waals surface area contributed by atoms with E-state index in [-0.39, 0.29) is 47.0 Å². The van der Waals surface area contributed by atoms with E-state index in [0.29, 0.717) is 59.5 Å². The quantitative estimate of drug-likeness (QED) is 0.180. The maximum Gasteiger partial charge on any atom is 0.335 e. The van der Waals surface area contributed by atoms with Crippen molar-refractivity contribution in [2.45, 2.75) is 59.7 Å². The van der Waals surface area contributed by atoms with Crippen molar-refractivity contribution in [3.05, 3.63) is 130 Å². The molecule has 2 aromatic rings. The van der Waals surface area contributed by atoms with Crippen molar-refractivity contribution in [2.75, 3.05) is 26.2 Å². The van der Waals surface area contributed by atoms with Gasteiger partial charge >= 0.3 is 5.97 Å². The van der Waals surface area contributed by atoms with Crippen LogP contribution in [-0.2, 0) is 9.59 Å². The van der Waals surface area contributed by atoms with Gasteiger partial charge < -0.3 is 25.1 Å². The van der Waals surface area contributed by atoms with E-state index in [1.165, 1.54) is 12.5 Å². The molecule has 0 saturated heterocycles. The number of fused-ring (bicyclic) bond motifs is 2. The van der Waals surface area contributed by atoms with Crippen LogP contribution in [0.4, 0.5) is 0 Å². The number of allylic oxidation sites excluding steroid dienone is 5. The molecule has 0 saturated carbocycles. The molecule has 0 spiro atoms. The maximum atomic E-state index is 13.9. The molecule has 2 aromatic carbocycles. The summed E-state index contributed by atoms with van der Waals surface area (Å²) >= 11 is 0. The Labute approximate surface area is 310 Å². The largest absolute Gasteiger partial charge is 0.478 e. The molecule has 2 aliphatic heterocycles. The summed E-state index contributed by atoms with van der Waals surface area (Å²) in [6.07, 6.45) is 12.9. The number of carboxylic acids is 1. The van der Waals surface area contributed by atoms with Gasteiger partial charge in [-0.05, 0) is 54.2 Å². The van der Waals surface area contributed by atoms with Gasteiger partial charge in [-0.15, -0.1) is 0 Å². The summed E-state index contributed by atoms with van der Waals surface area (Å²) in [6, 6.07) is 13.8. The number of rotatable bonds is 6. The minimum Gasteiger partial charge on any atom is -0.478 e. The fourth-order valence-electron chi connectivity index (χ4n) is 9.31. The van der Waals surface area contributed by atoms with Crippen molar-refractivity contribution >= 4 is 34.7 Å². The lowest BCUT2D eigenvalue weighted by atomic mass is 9.58. The molecule has 2 heterocycles. The summed E-state index contributed by atoms with van der Waals surface area (Å²) in [4.78, 5) is 54.5. The Kier molecular flexibility index (Phi) is 8.74. The molecule has 9 heteroatoms. The smallest absolute Gasteiger partial charge is 0.335 e. The molecule has 274 valence electrons. The lowest BCUT2D eigenvalue weighted by Crippen LogP contribution is -2.52. The molecular formula is C44H46N2O7. The van der Waals surface area contributed by atoms with Crippen molar-refractivity contribution < 1.29 is 34.5 Å². The molecule has 0 fully saturated rings. The Balaban J connectivity index is 1.000. The van der Waals surface area contributed by atoms with E-state index in [2.05, 4.69) is 32.9 Å². The summed E-state index contributed by atoms with van der Waals surface area (Å²) in [5.74, 6) is -3.51. The molecule has 2 atom stereocenters. The van der Waals surface area contributed by atoms with Gasteiger partial charge in [-0.1, -0.05) is 106 Å². The first-order chi connectivity index (χ1) is 24.9. The number of Topliss-reactive ketones (excluding diaryl/α,β-unsaturated/α-hetero) is 1. The van der Waals surface area contributed by atoms with E-state index in [1.54, 1.807) is 59.5 Å². The Morgan fingerprint density at radius 2 is 1.08 bits per heavy atom. The van der Waals surface area contributed by atoms with E-state index >= 15 is 0 Å². The Morgan fingerprint density at radius 1 is 0.623 bits per heavy atom. The highest BCUT2D eigenvalue weighted by Gasteiger charge is 2.50. The van der Waals surface area contributed by atoms with Crippen LogP contribution in [0.25, 0.3) is 11.1 Å². The Hall–Kier alpha value is -5.12. The lowest BCUT2D eigenvalue weighted by Gasteiger charge is -2.50. The number of benzene rings is 2. The highest BCUT2D eigenvalue weighted by molar-refractivity contribution is 6.02. The van der Waals surface area contributed by atoms with Gasteiger partial charge in [0.2, 0.25) is 17.6 Å². The summed E-state index contributed by atoms with van der Waals surface area (Å²) in [5, 5.41) is 32.2. The topological polar surface area (TPSA) is 135 Å². The summed E-state index contributed by atoms with van der Waals surface area (Å²) in [5.41, 5.74) is 5.43. The zero-order valence-corrected chi connectivity index (χ0v) is 30.9. The molecule has 7 rings (SSSR count). The molecular weight excluding hydrogens is 668 g/mol. The second-order valence-corrected chi connectivity index (χ2v) is 16.2. The fraction of sp³-hybridized carbons (Fsp3) is 0.364. The van der Waals surface area contributed by atoms with Crippen molar-refractivity contribution in [1.82, 2.24) is 9.80 Å². The molecule has 53 heavy (non-hydrogen) atoms. The standard InChI is InChI=1S/C44H46N2O7/c1-27(47)28-6-8-30(9-7-28)35-17-21-43(5)26-46(23-19-37(43)44(35,52)53)39(49)33-15-14-32(24-33)38(48)45-22-18-36-41(2,3)34(16-20-42(36,4)25-45)29-10-12-31(13-11-29)40(50)51/h6-19,52-53H,20-26H2,1-5H3,(H,50,51)/t42-,43-/m1/s1. The zero-order valence-electron chi connectivity index (χ0n) is 30.9. The number of carboxylic acid groups (broad SMARTS) is 1. The van der Waals surface area contributed by atoms with Gasteiger partial charge in [-0.3, -0.25) is 14.4 Å². The number of amides is 2. The molecule has 9 nitrogen and oxygen atoms in total. The first kappa shape index (κ1) is 36.2. The van der Waals surface area contributed by atoms with Crippen molar-refractivity contribution in [1.29, 1.82) is 0 Å². The minimum atomic E-state index is -2.23. The van der Waals surface area contributed by atoms with Gasteiger partial charge in [0.1, 0.15) is 0 Å². The predicted octanol–water partition coefficient (Wildman–Crippen LogP) is 6.38. The van der Waals surface area contributed by atoms with E-state index in [4.69, 9.17) is 0 Å². The number of hydrogen-bond donors (Lipinski definition) is 3. The van der Waals surface area contributed by atoms with Crippen LogP contribution < -0.4 is 0 Å². The molecule has 0 radical (unpaired) electrons. The number of hydrogen-bond acceptors (Lipinski definition) is 6. The van der Waals surface area contributed by atoms with E-state index in [1.807, 2.05) is 30.0 Å². The molecule has 2 amide bonds. The Morgan fingerprint density at radius 3 is 1.58 bits per heavy atom. The third-order valence-electron chi connectivity index (χ3n) is 12.1. The number of carbonyl (C=O) groups excluding carboxylic acids is 3. The lowest BCUT2D eigenvalue weighted by molar-refractivity contribution is -0.131. The van der Waals surface area contributed by atoms with Crippen LogP contribution in [0.15, 0.2) is 107 Å². The highest BCUT2D eigenvalue weighted by Crippen LogP contribution is 2.55. The van der Waals surface area contributed by atoms with Gasteiger partial charge in [0.15, 0.2) is 5.78 Å². The van der Waals surface area contributed by atoms with E-state index in [0.717, 1.165) is 17.6 Å².